The van der Waals surface area contributed by atoms with E-state index in [1.54, 1.807) is 19.2 Å². The van der Waals surface area contributed by atoms with E-state index in [1.807, 2.05) is 31.2 Å². The second-order valence-corrected chi connectivity index (χ2v) is 8.98. The third-order valence-corrected chi connectivity index (χ3v) is 6.36. The molecule has 0 saturated heterocycles. The molecule has 0 aromatic heterocycles. The van der Waals surface area contributed by atoms with Crippen LogP contribution in [0.5, 0.6) is 0 Å². The molecule has 0 aliphatic rings. The van der Waals surface area contributed by atoms with Crippen molar-refractivity contribution in [3.63, 3.8) is 0 Å². The van der Waals surface area contributed by atoms with Crippen LogP contribution in [0.3, 0.4) is 0 Å². The highest BCUT2D eigenvalue weighted by Gasteiger charge is 2.20. The molecule has 0 atom stereocenters. The van der Waals surface area contributed by atoms with Gasteiger partial charge in [0.2, 0.25) is 10.0 Å². The summed E-state index contributed by atoms with van der Waals surface area (Å²) in [5, 5.41) is 2.83. The highest BCUT2D eigenvalue weighted by molar-refractivity contribution is 7.89. The number of hydrogen-bond donors (Lipinski definition) is 1. The molecule has 146 valence electrons. The summed E-state index contributed by atoms with van der Waals surface area (Å²) in [6.07, 6.45) is 1.74. The van der Waals surface area contributed by atoms with E-state index in [0.717, 1.165) is 12.8 Å². The van der Waals surface area contributed by atoms with E-state index in [0.29, 0.717) is 23.7 Å². The summed E-state index contributed by atoms with van der Waals surface area (Å²) in [6.45, 7) is 6.73. The van der Waals surface area contributed by atoms with Crippen LogP contribution in [0.2, 0.25) is 0 Å². The van der Waals surface area contributed by atoms with Crippen molar-refractivity contribution in [3.05, 3.63) is 59.7 Å². The van der Waals surface area contributed by atoms with E-state index >= 15 is 0 Å². The number of nitrogens with one attached hydrogen (secondary N) is 1. The number of nitrogens with zero attached hydrogens (tertiary/aromatic N) is 1. The van der Waals surface area contributed by atoms with Gasteiger partial charge in [-0.05, 0) is 54.3 Å². The molecule has 0 fully saturated rings. The van der Waals surface area contributed by atoms with Gasteiger partial charge in [0.25, 0.3) is 5.91 Å². The molecule has 27 heavy (non-hydrogen) atoms. The van der Waals surface area contributed by atoms with Crippen LogP contribution in [0.15, 0.2) is 53.4 Å². The molecule has 0 aliphatic heterocycles. The molecular formula is C21H28N2O3S. The molecule has 0 saturated carbocycles. The van der Waals surface area contributed by atoms with Crippen molar-refractivity contribution in [1.82, 2.24) is 4.31 Å². The first-order valence-corrected chi connectivity index (χ1v) is 10.7. The lowest BCUT2D eigenvalue weighted by Crippen LogP contribution is -2.28. The second kappa shape index (κ2) is 9.15. The SMILES string of the molecule is CCCCN(C)S(=O)(=O)c1ccc(C(=O)Nc2ccc(C(C)C)cc2)cc1. The van der Waals surface area contributed by atoms with E-state index in [1.165, 1.54) is 22.0 Å². The van der Waals surface area contributed by atoms with Gasteiger partial charge in [0.1, 0.15) is 0 Å². The Balaban J connectivity index is 2.08. The average Bonchev–Trinajstić information content (AvgIpc) is 2.66. The van der Waals surface area contributed by atoms with E-state index < -0.39 is 10.0 Å². The number of benzene rings is 2. The van der Waals surface area contributed by atoms with Crippen LogP contribution in [0.25, 0.3) is 0 Å². The third-order valence-electron chi connectivity index (χ3n) is 4.49. The molecule has 2 aromatic rings. The first-order chi connectivity index (χ1) is 12.8. The molecule has 1 N–H and O–H groups in total. The molecule has 0 aliphatic carbocycles. The third kappa shape index (κ3) is 5.40. The molecule has 1 amide bonds. The van der Waals surface area contributed by atoms with Gasteiger partial charge in [-0.3, -0.25) is 4.79 Å². The topological polar surface area (TPSA) is 66.5 Å². The van der Waals surface area contributed by atoms with Gasteiger partial charge in [-0.25, -0.2) is 12.7 Å². The molecule has 0 heterocycles. The highest BCUT2D eigenvalue weighted by Crippen LogP contribution is 2.19. The van der Waals surface area contributed by atoms with E-state index in [-0.39, 0.29) is 10.8 Å². The standard InChI is InChI=1S/C21H28N2O3S/c1-5-6-15-23(4)27(25,26)20-13-9-18(10-14-20)21(24)22-19-11-7-17(8-12-19)16(2)3/h7-14,16H,5-6,15H2,1-4H3,(H,22,24). The van der Waals surface area contributed by atoms with E-state index in [9.17, 15) is 13.2 Å². The van der Waals surface area contributed by atoms with Gasteiger partial charge in [-0.2, -0.15) is 0 Å². The fourth-order valence-electron chi connectivity index (χ4n) is 2.61. The van der Waals surface area contributed by atoms with Crippen molar-refractivity contribution in [2.24, 2.45) is 0 Å². The van der Waals surface area contributed by atoms with Gasteiger partial charge in [0.05, 0.1) is 4.90 Å². The average molecular weight is 389 g/mol. The monoisotopic (exact) mass is 388 g/mol. The van der Waals surface area contributed by atoms with Crippen LogP contribution < -0.4 is 5.32 Å². The van der Waals surface area contributed by atoms with Crippen molar-refractivity contribution >= 4 is 21.6 Å². The second-order valence-electron chi connectivity index (χ2n) is 6.94. The van der Waals surface area contributed by atoms with Crippen LogP contribution in [-0.4, -0.2) is 32.2 Å². The van der Waals surface area contributed by atoms with Gasteiger partial charge in [0.15, 0.2) is 0 Å². The molecule has 2 rings (SSSR count). The Kier molecular flexibility index (Phi) is 7.16. The Morgan fingerprint density at radius 3 is 2.15 bits per heavy atom. The normalized spacial score (nSPS) is 11.8. The van der Waals surface area contributed by atoms with Crippen LogP contribution >= 0.6 is 0 Å². The number of hydrogen-bond acceptors (Lipinski definition) is 3. The lowest BCUT2D eigenvalue weighted by molar-refractivity contribution is 0.102. The fraction of sp³-hybridized carbons (Fsp3) is 0.381. The minimum absolute atomic E-state index is 0.193. The fourth-order valence-corrected chi connectivity index (χ4v) is 3.82. The summed E-state index contributed by atoms with van der Waals surface area (Å²) in [5.41, 5.74) is 2.33. The lowest BCUT2D eigenvalue weighted by atomic mass is 10.0. The molecule has 0 spiro atoms. The van der Waals surface area contributed by atoms with Gasteiger partial charge < -0.3 is 5.32 Å². The summed E-state index contributed by atoms with van der Waals surface area (Å²) in [4.78, 5) is 12.6. The Morgan fingerprint density at radius 1 is 1.04 bits per heavy atom. The van der Waals surface area contributed by atoms with Gasteiger partial charge in [0, 0.05) is 24.8 Å². The van der Waals surface area contributed by atoms with Crippen LogP contribution in [0.4, 0.5) is 5.69 Å². The molecule has 0 bridgehead atoms. The maximum absolute atomic E-state index is 12.5. The minimum atomic E-state index is -3.52. The summed E-state index contributed by atoms with van der Waals surface area (Å²) in [6, 6.07) is 13.8. The number of rotatable bonds is 8. The minimum Gasteiger partial charge on any atom is -0.322 e. The molecular weight excluding hydrogens is 360 g/mol. The Hall–Kier alpha value is -2.18. The zero-order valence-corrected chi connectivity index (χ0v) is 17.2. The first-order valence-electron chi connectivity index (χ1n) is 9.23. The van der Waals surface area contributed by atoms with Gasteiger partial charge in [-0.1, -0.05) is 39.3 Å². The van der Waals surface area contributed by atoms with Gasteiger partial charge in [-0.15, -0.1) is 0 Å². The summed E-state index contributed by atoms with van der Waals surface area (Å²) in [5.74, 6) is 0.162. The Morgan fingerprint density at radius 2 is 1.63 bits per heavy atom. The Bertz CT molecular complexity index is 857. The number of sulfonamides is 1. The van der Waals surface area contributed by atoms with Crippen molar-refractivity contribution in [1.29, 1.82) is 0 Å². The molecule has 5 nitrogen and oxygen atoms in total. The van der Waals surface area contributed by atoms with Crippen LogP contribution in [0.1, 0.15) is 55.5 Å². The smallest absolute Gasteiger partial charge is 0.255 e. The van der Waals surface area contributed by atoms with E-state index in [2.05, 4.69) is 19.2 Å². The van der Waals surface area contributed by atoms with Crippen molar-refractivity contribution < 1.29 is 13.2 Å². The number of amides is 1. The molecule has 6 heteroatoms. The summed E-state index contributed by atoms with van der Waals surface area (Å²) >= 11 is 0. The number of carbonyl (C=O) groups is 1. The molecule has 2 aromatic carbocycles. The Labute approximate surface area is 162 Å². The predicted molar refractivity (Wildman–Crippen MR) is 110 cm³/mol. The van der Waals surface area contributed by atoms with Crippen molar-refractivity contribution in [2.45, 2.75) is 44.4 Å². The maximum Gasteiger partial charge on any atom is 0.255 e. The lowest BCUT2D eigenvalue weighted by Gasteiger charge is -2.17. The predicted octanol–water partition coefficient (Wildman–Crippen LogP) is 4.48. The summed E-state index contributed by atoms with van der Waals surface area (Å²) in [7, 11) is -1.95. The largest absolute Gasteiger partial charge is 0.322 e. The van der Waals surface area contributed by atoms with Crippen LogP contribution in [0, 0.1) is 0 Å². The van der Waals surface area contributed by atoms with Gasteiger partial charge >= 0.3 is 0 Å². The number of carbonyl (C=O) groups excluding carboxylic acids is 1. The molecule has 0 radical (unpaired) electrons. The summed E-state index contributed by atoms with van der Waals surface area (Å²) < 4.78 is 26.4. The molecule has 0 unspecified atom stereocenters. The zero-order valence-electron chi connectivity index (χ0n) is 16.4. The highest BCUT2D eigenvalue weighted by atomic mass is 32.2. The maximum atomic E-state index is 12.5. The quantitative estimate of drug-likeness (QED) is 0.725. The van der Waals surface area contributed by atoms with Crippen LogP contribution in [-0.2, 0) is 10.0 Å². The number of anilines is 1. The number of unbranched alkanes of at least 4 members (excludes halogenated alkanes) is 1. The van der Waals surface area contributed by atoms with Crippen molar-refractivity contribution in [2.75, 3.05) is 18.9 Å². The van der Waals surface area contributed by atoms with E-state index in [4.69, 9.17) is 0 Å². The zero-order chi connectivity index (χ0) is 20.0. The first kappa shape index (κ1) is 21.1. The van der Waals surface area contributed by atoms with Crippen molar-refractivity contribution in [3.8, 4) is 0 Å².